The van der Waals surface area contributed by atoms with E-state index in [4.69, 9.17) is 24.1 Å². The van der Waals surface area contributed by atoms with E-state index in [1.165, 1.54) is 38.3 Å². The number of ether oxygens (including phenoxy) is 4. The minimum absolute atomic E-state index is 0.00580. The molecule has 1 aromatic rings. The summed E-state index contributed by atoms with van der Waals surface area (Å²) in [6.45, 7) is 3.08. The second-order valence-corrected chi connectivity index (χ2v) is 12.3. The molecule has 0 bridgehead atoms. The zero-order chi connectivity index (χ0) is 25.0. The summed E-state index contributed by atoms with van der Waals surface area (Å²) in [5.74, 6) is 2.10. The standard InChI is InChI=1S/C26H35NO7S/c1-26-10-8-18-17-9-11-33-14-15(17)4-5-19(18)21(26)6-7-23(26)34-25(28)20-12-16(35(27,29)30)13-22(31-2)24(20)32-3/h12-14,17-19,21,23H,4-11H2,1-3H3,(H2,27,29,30)/t17?,18?,19?,21?,23-,26-/m0/s1. The molecular weight excluding hydrogens is 470 g/mol. The molecule has 1 aliphatic heterocycles. The first-order valence-electron chi connectivity index (χ1n) is 12.5. The van der Waals surface area contributed by atoms with Crippen molar-refractivity contribution in [1.82, 2.24) is 0 Å². The van der Waals surface area contributed by atoms with Crippen LogP contribution in [0.5, 0.6) is 11.5 Å². The van der Waals surface area contributed by atoms with Gasteiger partial charge in [-0.05, 0) is 80.3 Å². The highest BCUT2D eigenvalue weighted by Gasteiger charge is 2.57. The van der Waals surface area contributed by atoms with Gasteiger partial charge in [-0.25, -0.2) is 18.4 Å². The first kappa shape index (κ1) is 24.4. The van der Waals surface area contributed by atoms with Gasteiger partial charge in [-0.2, -0.15) is 0 Å². The van der Waals surface area contributed by atoms with E-state index in [0.717, 1.165) is 45.1 Å². The minimum Gasteiger partial charge on any atom is -0.501 e. The Kier molecular flexibility index (Phi) is 6.28. The number of hydrogen-bond donors (Lipinski definition) is 1. The van der Waals surface area contributed by atoms with E-state index < -0.39 is 16.0 Å². The average Bonchev–Trinajstić information content (AvgIpc) is 3.18. The van der Waals surface area contributed by atoms with Crippen molar-refractivity contribution in [2.45, 2.75) is 62.9 Å². The number of esters is 1. The smallest absolute Gasteiger partial charge is 0.342 e. The van der Waals surface area contributed by atoms with Gasteiger partial charge in [0.15, 0.2) is 11.5 Å². The fourth-order valence-electron chi connectivity index (χ4n) is 7.53. The fourth-order valence-corrected chi connectivity index (χ4v) is 8.08. The molecule has 3 fully saturated rings. The third-order valence-electron chi connectivity index (χ3n) is 9.20. The van der Waals surface area contributed by atoms with Crippen LogP contribution in [0.2, 0.25) is 0 Å². The van der Waals surface area contributed by atoms with Crippen LogP contribution < -0.4 is 14.6 Å². The molecule has 0 radical (unpaired) electrons. The summed E-state index contributed by atoms with van der Waals surface area (Å²) in [4.78, 5) is 13.2. The van der Waals surface area contributed by atoms with Gasteiger partial charge in [0.1, 0.15) is 11.7 Å². The van der Waals surface area contributed by atoms with Crippen LogP contribution in [0.3, 0.4) is 0 Å². The van der Waals surface area contributed by atoms with Crippen LogP contribution in [0.1, 0.15) is 62.2 Å². The maximum absolute atomic E-state index is 13.4. The van der Waals surface area contributed by atoms with E-state index >= 15 is 0 Å². The van der Waals surface area contributed by atoms with E-state index in [9.17, 15) is 13.2 Å². The van der Waals surface area contributed by atoms with Crippen LogP contribution in [0.15, 0.2) is 28.9 Å². The maximum atomic E-state index is 13.4. The maximum Gasteiger partial charge on any atom is 0.342 e. The number of methoxy groups -OCH3 is 2. The number of hydrogen-bond acceptors (Lipinski definition) is 7. The summed E-state index contributed by atoms with van der Waals surface area (Å²) in [6, 6.07) is 2.46. The van der Waals surface area contributed by atoms with E-state index in [-0.39, 0.29) is 33.5 Å². The van der Waals surface area contributed by atoms with Gasteiger partial charge in [-0.1, -0.05) is 6.92 Å². The second kappa shape index (κ2) is 9.00. The number of fused-ring (bicyclic) bond motifs is 5. The zero-order valence-corrected chi connectivity index (χ0v) is 21.4. The highest BCUT2D eigenvalue weighted by Crippen LogP contribution is 2.62. The molecule has 192 valence electrons. The van der Waals surface area contributed by atoms with Crippen molar-refractivity contribution in [3.63, 3.8) is 0 Å². The Morgan fingerprint density at radius 1 is 1.09 bits per heavy atom. The molecule has 4 unspecified atom stereocenters. The van der Waals surface area contributed by atoms with Gasteiger partial charge < -0.3 is 18.9 Å². The number of rotatable bonds is 5. The Morgan fingerprint density at radius 3 is 2.60 bits per heavy atom. The van der Waals surface area contributed by atoms with Gasteiger partial charge in [0, 0.05) is 11.5 Å². The SMILES string of the molecule is COc1cc(S(N)(=O)=O)cc(C(=O)O[C@H]2CCC3C4CCC5=COCCC5C4CC[C@@]32C)c1OC. The second-order valence-electron chi connectivity index (χ2n) is 10.7. The molecule has 5 rings (SSSR count). The van der Waals surface area contributed by atoms with Crippen LogP contribution in [-0.2, 0) is 19.5 Å². The molecule has 35 heavy (non-hydrogen) atoms. The molecule has 0 spiro atoms. The lowest BCUT2D eigenvalue weighted by molar-refractivity contribution is -0.0668. The molecule has 0 amide bonds. The number of sulfonamides is 1. The highest BCUT2D eigenvalue weighted by atomic mass is 32.2. The molecule has 9 heteroatoms. The number of carbonyl (C=O) groups excluding carboxylic acids is 1. The van der Waals surface area contributed by atoms with Gasteiger partial charge in [0.2, 0.25) is 10.0 Å². The summed E-state index contributed by atoms with van der Waals surface area (Å²) in [5.41, 5.74) is 1.39. The largest absolute Gasteiger partial charge is 0.501 e. The molecule has 4 aliphatic rings. The summed E-state index contributed by atoms with van der Waals surface area (Å²) < 4.78 is 46.4. The molecule has 3 saturated carbocycles. The third kappa shape index (κ3) is 4.10. The Bertz CT molecular complexity index is 1150. The van der Waals surface area contributed by atoms with Gasteiger partial charge >= 0.3 is 5.97 Å². The van der Waals surface area contributed by atoms with Gasteiger partial charge in [-0.3, -0.25) is 0 Å². The van der Waals surface area contributed by atoms with Crippen molar-refractivity contribution in [3.8, 4) is 11.5 Å². The van der Waals surface area contributed by atoms with Crippen LogP contribution in [0.4, 0.5) is 0 Å². The Morgan fingerprint density at radius 2 is 1.89 bits per heavy atom. The quantitative estimate of drug-likeness (QED) is 0.601. The lowest BCUT2D eigenvalue weighted by Crippen LogP contribution is -2.48. The van der Waals surface area contributed by atoms with Crippen LogP contribution >= 0.6 is 0 Å². The Balaban J connectivity index is 1.39. The first-order valence-corrected chi connectivity index (χ1v) is 14.0. The zero-order valence-electron chi connectivity index (χ0n) is 20.6. The number of allylic oxidation sites excluding steroid dienone is 1. The normalized spacial score (nSPS) is 33.9. The van der Waals surface area contributed by atoms with Crippen LogP contribution in [-0.4, -0.2) is 41.3 Å². The average molecular weight is 506 g/mol. The summed E-state index contributed by atoms with van der Waals surface area (Å²) >= 11 is 0. The van der Waals surface area contributed by atoms with Crippen molar-refractivity contribution in [3.05, 3.63) is 29.5 Å². The molecule has 6 atom stereocenters. The van der Waals surface area contributed by atoms with Crippen molar-refractivity contribution in [1.29, 1.82) is 0 Å². The first-order chi connectivity index (χ1) is 16.7. The minimum atomic E-state index is -4.05. The fraction of sp³-hybridized carbons (Fsp3) is 0.654. The number of benzene rings is 1. The summed E-state index contributed by atoms with van der Waals surface area (Å²) in [6.07, 6.45) is 9.13. The van der Waals surface area contributed by atoms with Gasteiger partial charge in [0.25, 0.3) is 0 Å². The van der Waals surface area contributed by atoms with E-state index in [2.05, 4.69) is 6.92 Å². The Labute approximate surface area is 207 Å². The predicted molar refractivity (Wildman–Crippen MR) is 129 cm³/mol. The third-order valence-corrected chi connectivity index (χ3v) is 10.1. The summed E-state index contributed by atoms with van der Waals surface area (Å²) in [7, 11) is -1.27. The topological polar surface area (TPSA) is 114 Å². The number of carbonyl (C=O) groups is 1. The molecule has 3 aliphatic carbocycles. The highest BCUT2D eigenvalue weighted by molar-refractivity contribution is 7.89. The monoisotopic (exact) mass is 505 g/mol. The predicted octanol–water partition coefficient (Wildman–Crippen LogP) is 4.03. The van der Waals surface area contributed by atoms with Crippen LogP contribution in [0, 0.1) is 29.1 Å². The van der Waals surface area contributed by atoms with Gasteiger partial charge in [-0.15, -0.1) is 0 Å². The molecule has 1 heterocycles. The molecular formula is C26H35NO7S. The van der Waals surface area contributed by atoms with Crippen LogP contribution in [0.25, 0.3) is 0 Å². The number of primary sulfonamides is 1. The molecule has 0 saturated heterocycles. The number of nitrogens with two attached hydrogens (primary N) is 1. The van der Waals surface area contributed by atoms with E-state index in [1.807, 2.05) is 6.26 Å². The lowest BCUT2D eigenvalue weighted by atomic mass is 9.53. The van der Waals surface area contributed by atoms with E-state index in [0.29, 0.717) is 23.7 Å². The molecule has 2 N–H and O–H groups in total. The molecule has 1 aromatic carbocycles. The van der Waals surface area contributed by atoms with E-state index in [1.54, 1.807) is 0 Å². The molecule has 8 nitrogen and oxygen atoms in total. The van der Waals surface area contributed by atoms with Crippen molar-refractivity contribution in [2.24, 2.45) is 34.2 Å². The van der Waals surface area contributed by atoms with Crippen molar-refractivity contribution in [2.75, 3.05) is 20.8 Å². The van der Waals surface area contributed by atoms with Gasteiger partial charge in [0.05, 0.1) is 32.0 Å². The van der Waals surface area contributed by atoms with Crippen molar-refractivity contribution < 1.29 is 32.2 Å². The lowest BCUT2D eigenvalue weighted by Gasteiger charge is -2.53. The van der Waals surface area contributed by atoms with Crippen molar-refractivity contribution >= 4 is 16.0 Å². The summed E-state index contributed by atoms with van der Waals surface area (Å²) in [5, 5.41) is 5.33. The Hall–Kier alpha value is -2.26. The molecule has 0 aromatic heterocycles.